The van der Waals surface area contributed by atoms with Crippen LogP contribution < -0.4 is 10.2 Å². The van der Waals surface area contributed by atoms with Crippen molar-refractivity contribution in [1.29, 1.82) is 0 Å². The zero-order valence-corrected chi connectivity index (χ0v) is 13.1. The topological polar surface area (TPSA) is 49.4 Å². The highest BCUT2D eigenvalue weighted by molar-refractivity contribution is 7.12. The van der Waals surface area contributed by atoms with E-state index in [1.54, 1.807) is 6.07 Å². The van der Waals surface area contributed by atoms with E-state index in [-0.39, 0.29) is 11.8 Å². The van der Waals surface area contributed by atoms with Crippen LogP contribution in [0.3, 0.4) is 0 Å². The van der Waals surface area contributed by atoms with Crippen molar-refractivity contribution >= 4 is 28.8 Å². The first-order valence-electron chi connectivity index (χ1n) is 7.45. The number of carbonyl (C=O) groups excluding carboxylic acids is 2. The van der Waals surface area contributed by atoms with E-state index in [0.29, 0.717) is 17.8 Å². The van der Waals surface area contributed by atoms with E-state index in [4.69, 9.17) is 0 Å². The molecule has 0 fully saturated rings. The number of anilines is 1. The SMILES string of the molecule is O=C(NCCC(=O)N1CCCc2ccccc21)c1cccs1. The molecule has 1 N–H and O–H groups in total. The number of fused-ring (bicyclic) bond motifs is 1. The molecular formula is C17H18N2O2S. The molecule has 0 bridgehead atoms. The Morgan fingerprint density at radius 3 is 2.86 bits per heavy atom. The number of para-hydroxylation sites is 1. The van der Waals surface area contributed by atoms with Gasteiger partial charge in [0.2, 0.25) is 5.91 Å². The first-order valence-corrected chi connectivity index (χ1v) is 8.33. The number of thiophene rings is 1. The lowest BCUT2D eigenvalue weighted by atomic mass is 10.0. The Balaban J connectivity index is 1.56. The van der Waals surface area contributed by atoms with Crippen LogP contribution in [0.15, 0.2) is 41.8 Å². The molecule has 0 unspecified atom stereocenters. The third kappa shape index (κ3) is 3.20. The van der Waals surface area contributed by atoms with Crippen molar-refractivity contribution in [3.63, 3.8) is 0 Å². The monoisotopic (exact) mass is 314 g/mol. The van der Waals surface area contributed by atoms with Gasteiger partial charge in [0.1, 0.15) is 0 Å². The van der Waals surface area contributed by atoms with Crippen LogP contribution in [-0.2, 0) is 11.2 Å². The van der Waals surface area contributed by atoms with Gasteiger partial charge in [-0.3, -0.25) is 9.59 Å². The normalized spacial score (nSPS) is 13.5. The summed E-state index contributed by atoms with van der Waals surface area (Å²) >= 11 is 1.40. The van der Waals surface area contributed by atoms with E-state index in [2.05, 4.69) is 11.4 Å². The fourth-order valence-corrected chi connectivity index (χ4v) is 3.35. The summed E-state index contributed by atoms with van der Waals surface area (Å²) in [5.41, 5.74) is 2.24. The first kappa shape index (κ1) is 14.8. The fraction of sp³-hybridized carbons (Fsp3) is 0.294. The number of hydrogen-bond donors (Lipinski definition) is 1. The molecule has 1 aliphatic rings. The lowest BCUT2D eigenvalue weighted by Gasteiger charge is -2.29. The minimum Gasteiger partial charge on any atom is -0.351 e. The van der Waals surface area contributed by atoms with Crippen molar-refractivity contribution in [3.8, 4) is 0 Å². The van der Waals surface area contributed by atoms with Gasteiger partial charge in [0.15, 0.2) is 0 Å². The summed E-state index contributed by atoms with van der Waals surface area (Å²) in [7, 11) is 0. The quantitative estimate of drug-likeness (QED) is 0.943. The molecule has 0 aliphatic carbocycles. The maximum atomic E-state index is 12.4. The third-order valence-electron chi connectivity index (χ3n) is 3.78. The van der Waals surface area contributed by atoms with E-state index in [0.717, 1.165) is 25.1 Å². The summed E-state index contributed by atoms with van der Waals surface area (Å²) in [6, 6.07) is 11.7. The highest BCUT2D eigenvalue weighted by atomic mass is 32.1. The van der Waals surface area contributed by atoms with Crippen molar-refractivity contribution in [3.05, 3.63) is 52.2 Å². The summed E-state index contributed by atoms with van der Waals surface area (Å²) in [6.07, 6.45) is 2.34. The average molecular weight is 314 g/mol. The molecule has 3 rings (SSSR count). The van der Waals surface area contributed by atoms with Gasteiger partial charge in [-0.15, -0.1) is 11.3 Å². The lowest BCUT2D eigenvalue weighted by molar-refractivity contribution is -0.118. The van der Waals surface area contributed by atoms with Crippen LogP contribution in [0.5, 0.6) is 0 Å². The Kier molecular flexibility index (Phi) is 4.53. The van der Waals surface area contributed by atoms with Crippen molar-refractivity contribution < 1.29 is 9.59 Å². The third-order valence-corrected chi connectivity index (χ3v) is 4.65. The molecule has 0 saturated heterocycles. The lowest BCUT2D eigenvalue weighted by Crippen LogP contribution is -2.37. The van der Waals surface area contributed by atoms with Crippen LogP contribution >= 0.6 is 11.3 Å². The fourth-order valence-electron chi connectivity index (χ4n) is 2.71. The van der Waals surface area contributed by atoms with Crippen molar-refractivity contribution in [2.75, 3.05) is 18.0 Å². The number of nitrogens with one attached hydrogen (secondary N) is 1. The Bertz CT molecular complexity index is 667. The van der Waals surface area contributed by atoms with E-state index in [9.17, 15) is 9.59 Å². The molecule has 4 nitrogen and oxygen atoms in total. The van der Waals surface area contributed by atoms with E-state index in [1.165, 1.54) is 16.9 Å². The molecule has 2 heterocycles. The second-order valence-corrected chi connectivity index (χ2v) is 6.21. The smallest absolute Gasteiger partial charge is 0.261 e. The summed E-state index contributed by atoms with van der Waals surface area (Å²) in [5, 5.41) is 4.67. The van der Waals surface area contributed by atoms with Crippen LogP contribution in [0.25, 0.3) is 0 Å². The van der Waals surface area contributed by atoms with Gasteiger partial charge in [-0.05, 0) is 35.9 Å². The predicted molar refractivity (Wildman–Crippen MR) is 88.4 cm³/mol. The van der Waals surface area contributed by atoms with Gasteiger partial charge in [0, 0.05) is 25.2 Å². The Hall–Kier alpha value is -2.14. The molecule has 1 aromatic carbocycles. The van der Waals surface area contributed by atoms with E-state index >= 15 is 0 Å². The van der Waals surface area contributed by atoms with E-state index < -0.39 is 0 Å². The van der Waals surface area contributed by atoms with Gasteiger partial charge in [-0.1, -0.05) is 24.3 Å². The molecule has 0 radical (unpaired) electrons. The number of nitrogens with zero attached hydrogens (tertiary/aromatic N) is 1. The van der Waals surface area contributed by atoms with E-state index in [1.807, 2.05) is 34.5 Å². The molecule has 2 aromatic rings. The largest absolute Gasteiger partial charge is 0.351 e. The second kappa shape index (κ2) is 6.75. The molecule has 0 spiro atoms. The summed E-state index contributed by atoms with van der Waals surface area (Å²) in [5.74, 6) is -0.0412. The standard InChI is InChI=1S/C17H18N2O2S/c20-16(9-10-18-17(21)15-8-4-12-22-15)19-11-3-6-13-5-1-2-7-14(13)19/h1-2,4-5,7-8,12H,3,6,9-11H2,(H,18,21). The molecule has 0 atom stereocenters. The first-order chi connectivity index (χ1) is 10.8. The van der Waals surface area contributed by atoms with Gasteiger partial charge in [0.25, 0.3) is 5.91 Å². The van der Waals surface area contributed by atoms with Crippen LogP contribution in [0.2, 0.25) is 0 Å². The second-order valence-electron chi connectivity index (χ2n) is 5.26. The van der Waals surface area contributed by atoms with Gasteiger partial charge in [-0.25, -0.2) is 0 Å². The van der Waals surface area contributed by atoms with Gasteiger partial charge in [-0.2, -0.15) is 0 Å². The van der Waals surface area contributed by atoms with Crippen molar-refractivity contribution in [1.82, 2.24) is 5.32 Å². The summed E-state index contributed by atoms with van der Waals surface area (Å²) in [6.45, 7) is 1.13. The molecule has 5 heteroatoms. The minimum atomic E-state index is -0.109. The number of aryl methyl sites for hydroxylation is 1. The zero-order chi connectivity index (χ0) is 15.4. The number of carbonyl (C=O) groups is 2. The van der Waals surface area contributed by atoms with Crippen molar-refractivity contribution in [2.24, 2.45) is 0 Å². The highest BCUT2D eigenvalue weighted by Crippen LogP contribution is 2.27. The summed E-state index contributed by atoms with van der Waals surface area (Å²) < 4.78 is 0. The van der Waals surface area contributed by atoms with Crippen LogP contribution in [-0.4, -0.2) is 24.9 Å². The Morgan fingerprint density at radius 2 is 2.05 bits per heavy atom. The number of rotatable bonds is 4. The highest BCUT2D eigenvalue weighted by Gasteiger charge is 2.21. The van der Waals surface area contributed by atoms with Crippen molar-refractivity contribution in [2.45, 2.75) is 19.3 Å². The number of benzene rings is 1. The molecular weight excluding hydrogens is 296 g/mol. The molecule has 1 aliphatic heterocycles. The Labute approximate surface area is 133 Å². The van der Waals surface area contributed by atoms with Crippen LogP contribution in [0, 0.1) is 0 Å². The molecule has 114 valence electrons. The minimum absolute atomic E-state index is 0.0682. The van der Waals surface area contributed by atoms with Gasteiger partial charge < -0.3 is 10.2 Å². The molecule has 0 saturated carbocycles. The van der Waals surface area contributed by atoms with Gasteiger partial charge in [0.05, 0.1) is 4.88 Å². The summed E-state index contributed by atoms with van der Waals surface area (Å²) in [4.78, 5) is 26.8. The van der Waals surface area contributed by atoms with Crippen LogP contribution in [0.4, 0.5) is 5.69 Å². The number of hydrogen-bond acceptors (Lipinski definition) is 3. The maximum absolute atomic E-state index is 12.4. The maximum Gasteiger partial charge on any atom is 0.261 e. The molecule has 2 amide bonds. The van der Waals surface area contributed by atoms with Crippen LogP contribution in [0.1, 0.15) is 28.1 Å². The molecule has 1 aromatic heterocycles. The van der Waals surface area contributed by atoms with Gasteiger partial charge >= 0.3 is 0 Å². The Morgan fingerprint density at radius 1 is 1.18 bits per heavy atom. The molecule has 22 heavy (non-hydrogen) atoms. The number of amides is 2. The zero-order valence-electron chi connectivity index (χ0n) is 12.2. The predicted octanol–water partition coefficient (Wildman–Crippen LogP) is 2.85. The average Bonchev–Trinajstić information content (AvgIpc) is 3.08.